The molecule has 0 spiro atoms. The average molecular weight is 726 g/mol. The largest absolute Gasteiger partial charge is 0.309 e. The number of aromatic nitrogens is 3. The molecule has 0 aliphatic rings. The Morgan fingerprint density at radius 3 is 1.30 bits per heavy atom. The summed E-state index contributed by atoms with van der Waals surface area (Å²) in [5, 5.41) is 7.49. The summed E-state index contributed by atoms with van der Waals surface area (Å²) in [7, 11) is 0. The molecule has 12 rings (SSSR count). The van der Waals surface area contributed by atoms with E-state index in [2.05, 4.69) is 226 Å². The van der Waals surface area contributed by atoms with Gasteiger partial charge < -0.3 is 13.7 Å². The van der Waals surface area contributed by atoms with Crippen molar-refractivity contribution in [3.8, 4) is 39.3 Å². The second kappa shape index (κ2) is 12.5. The first-order valence-corrected chi connectivity index (χ1v) is 19.6. The van der Waals surface area contributed by atoms with Crippen molar-refractivity contribution >= 4 is 65.4 Å². The van der Waals surface area contributed by atoms with E-state index in [9.17, 15) is 0 Å². The number of para-hydroxylation sites is 4. The highest BCUT2D eigenvalue weighted by molar-refractivity contribution is 6.26. The van der Waals surface area contributed by atoms with E-state index in [-0.39, 0.29) is 0 Å². The molecule has 0 bridgehead atoms. The van der Waals surface area contributed by atoms with Crippen molar-refractivity contribution < 1.29 is 0 Å². The molecule has 0 aliphatic heterocycles. The number of hydrogen-bond donors (Lipinski definition) is 0. The van der Waals surface area contributed by atoms with Gasteiger partial charge in [0, 0.05) is 49.4 Å². The maximum absolute atomic E-state index is 2.49. The van der Waals surface area contributed by atoms with Crippen LogP contribution in [-0.2, 0) is 0 Å². The first-order valence-electron chi connectivity index (χ1n) is 19.6. The fourth-order valence-electron chi connectivity index (χ4n) is 9.30. The fourth-order valence-corrected chi connectivity index (χ4v) is 9.30. The van der Waals surface area contributed by atoms with Gasteiger partial charge in [-0.25, -0.2) is 0 Å². The predicted molar refractivity (Wildman–Crippen MR) is 240 cm³/mol. The summed E-state index contributed by atoms with van der Waals surface area (Å²) in [6.45, 7) is 0. The number of nitrogens with zero attached hydrogens (tertiary/aromatic N) is 3. The summed E-state index contributed by atoms with van der Waals surface area (Å²) in [5.41, 5.74) is 15.5. The molecule has 0 radical (unpaired) electrons. The third-order valence-corrected chi connectivity index (χ3v) is 11.8. The smallest absolute Gasteiger partial charge is 0.0641 e. The van der Waals surface area contributed by atoms with E-state index >= 15 is 0 Å². The highest BCUT2D eigenvalue weighted by Gasteiger charge is 2.22. The summed E-state index contributed by atoms with van der Waals surface area (Å²) in [6, 6.07) is 77.4. The molecule has 0 aliphatic carbocycles. The Labute approximate surface area is 329 Å². The quantitative estimate of drug-likeness (QED) is 0.168. The van der Waals surface area contributed by atoms with Gasteiger partial charge in [-0.2, -0.15) is 0 Å². The van der Waals surface area contributed by atoms with E-state index in [4.69, 9.17) is 0 Å². The van der Waals surface area contributed by atoms with Crippen molar-refractivity contribution in [1.29, 1.82) is 0 Å². The number of rotatable bonds is 5. The number of fused-ring (bicyclic) bond motifs is 10. The van der Waals surface area contributed by atoms with E-state index in [0.717, 1.165) is 11.4 Å². The van der Waals surface area contributed by atoms with Crippen molar-refractivity contribution in [3.63, 3.8) is 0 Å². The molecule has 0 N–H and O–H groups in total. The van der Waals surface area contributed by atoms with Crippen LogP contribution in [0.4, 0.5) is 0 Å². The zero-order chi connectivity index (χ0) is 37.5. The molecule has 9 aromatic carbocycles. The lowest BCUT2D eigenvalue weighted by atomic mass is 10.00. The molecule has 0 atom stereocenters. The van der Waals surface area contributed by atoms with Crippen molar-refractivity contribution in [3.05, 3.63) is 212 Å². The SMILES string of the molecule is c1ccc(-c2ccc(-n3c4ccc(-c5ccc6c(c5)c5ccccc5n6-c5ccccc5)cc4c4ccc5c(c6ccccc6n5-c5ccccc5)c43)cc2)cc1. The minimum absolute atomic E-state index is 1.14. The third-order valence-electron chi connectivity index (χ3n) is 11.8. The first-order chi connectivity index (χ1) is 28.3. The molecule has 266 valence electrons. The summed E-state index contributed by atoms with van der Waals surface area (Å²) < 4.78 is 7.28. The standard InChI is InChI=1S/C54H35N3/c1-4-14-36(15-5-1)37-24-28-42(29-25-37)57-51-32-27-39(38-26-31-50-46(34-38)43-20-10-12-22-48(43)55(50)40-16-6-2-7-17-40)35-47(51)44-30-33-52-53(54(44)57)45-21-11-13-23-49(45)56(52)41-18-8-3-9-19-41/h1-35H. The summed E-state index contributed by atoms with van der Waals surface area (Å²) in [6.07, 6.45) is 0. The van der Waals surface area contributed by atoms with Crippen molar-refractivity contribution in [1.82, 2.24) is 13.7 Å². The van der Waals surface area contributed by atoms with Crippen LogP contribution >= 0.6 is 0 Å². The molecular formula is C54H35N3. The lowest BCUT2D eigenvalue weighted by Gasteiger charge is -2.11. The minimum Gasteiger partial charge on any atom is -0.309 e. The van der Waals surface area contributed by atoms with Gasteiger partial charge in [-0.15, -0.1) is 0 Å². The Bertz CT molecular complexity index is 3480. The second-order valence-electron chi connectivity index (χ2n) is 14.9. The zero-order valence-corrected chi connectivity index (χ0v) is 31.0. The van der Waals surface area contributed by atoms with Crippen LogP contribution in [0.2, 0.25) is 0 Å². The van der Waals surface area contributed by atoms with Crippen molar-refractivity contribution in [2.24, 2.45) is 0 Å². The van der Waals surface area contributed by atoms with Gasteiger partial charge in [0.1, 0.15) is 0 Å². The molecule has 12 aromatic rings. The molecule has 57 heavy (non-hydrogen) atoms. The molecular weight excluding hydrogens is 691 g/mol. The first kappa shape index (κ1) is 31.7. The van der Waals surface area contributed by atoms with Gasteiger partial charge >= 0.3 is 0 Å². The van der Waals surface area contributed by atoms with Crippen LogP contribution in [0, 0.1) is 0 Å². The molecule has 0 unspecified atom stereocenters. The highest BCUT2D eigenvalue weighted by atomic mass is 15.0. The van der Waals surface area contributed by atoms with Crippen LogP contribution in [0.15, 0.2) is 212 Å². The van der Waals surface area contributed by atoms with Crippen LogP contribution in [0.25, 0.3) is 105 Å². The Kier molecular flexibility index (Phi) is 6.93. The lowest BCUT2D eigenvalue weighted by molar-refractivity contribution is 1.17. The van der Waals surface area contributed by atoms with Crippen LogP contribution in [-0.4, -0.2) is 13.7 Å². The van der Waals surface area contributed by atoms with Crippen LogP contribution in [0.1, 0.15) is 0 Å². The Hall–Kier alpha value is -7.62. The molecule has 0 saturated carbocycles. The molecule has 0 fully saturated rings. The fraction of sp³-hybridized carbons (Fsp3) is 0. The minimum atomic E-state index is 1.14. The van der Waals surface area contributed by atoms with Crippen LogP contribution < -0.4 is 0 Å². The van der Waals surface area contributed by atoms with Gasteiger partial charge in [0.2, 0.25) is 0 Å². The summed E-state index contributed by atoms with van der Waals surface area (Å²) in [5.74, 6) is 0. The van der Waals surface area contributed by atoms with Gasteiger partial charge in [0.05, 0.1) is 33.1 Å². The Morgan fingerprint density at radius 1 is 0.228 bits per heavy atom. The molecule has 0 amide bonds. The summed E-state index contributed by atoms with van der Waals surface area (Å²) >= 11 is 0. The Balaban J connectivity index is 1.13. The maximum atomic E-state index is 2.49. The van der Waals surface area contributed by atoms with Gasteiger partial charge in [-0.3, -0.25) is 0 Å². The molecule has 0 saturated heterocycles. The maximum Gasteiger partial charge on any atom is 0.0641 e. The monoisotopic (exact) mass is 725 g/mol. The van der Waals surface area contributed by atoms with E-state index in [1.807, 2.05) is 0 Å². The van der Waals surface area contributed by atoms with Gasteiger partial charge in [-0.05, 0) is 101 Å². The number of hydrogen-bond acceptors (Lipinski definition) is 0. The molecule has 3 heterocycles. The number of benzene rings is 9. The van der Waals surface area contributed by atoms with E-state index in [1.165, 1.54) is 93.4 Å². The van der Waals surface area contributed by atoms with Gasteiger partial charge in [-0.1, -0.05) is 133 Å². The van der Waals surface area contributed by atoms with Crippen LogP contribution in [0.5, 0.6) is 0 Å². The molecule has 3 heteroatoms. The predicted octanol–water partition coefficient (Wildman–Crippen LogP) is 14.3. The molecule has 3 nitrogen and oxygen atoms in total. The van der Waals surface area contributed by atoms with E-state index < -0.39 is 0 Å². The lowest BCUT2D eigenvalue weighted by Crippen LogP contribution is -1.95. The van der Waals surface area contributed by atoms with Gasteiger partial charge in [0.25, 0.3) is 0 Å². The van der Waals surface area contributed by atoms with E-state index in [1.54, 1.807) is 0 Å². The highest BCUT2D eigenvalue weighted by Crippen LogP contribution is 2.44. The van der Waals surface area contributed by atoms with Crippen LogP contribution in [0.3, 0.4) is 0 Å². The average Bonchev–Trinajstić information content (AvgIpc) is 3.92. The second-order valence-corrected chi connectivity index (χ2v) is 14.9. The summed E-state index contributed by atoms with van der Waals surface area (Å²) in [4.78, 5) is 0. The van der Waals surface area contributed by atoms with Crippen molar-refractivity contribution in [2.75, 3.05) is 0 Å². The van der Waals surface area contributed by atoms with Gasteiger partial charge in [0.15, 0.2) is 0 Å². The normalized spacial score (nSPS) is 11.9. The van der Waals surface area contributed by atoms with E-state index in [0.29, 0.717) is 0 Å². The topological polar surface area (TPSA) is 14.8 Å². The third kappa shape index (κ3) is 4.79. The van der Waals surface area contributed by atoms with Crippen molar-refractivity contribution in [2.45, 2.75) is 0 Å². The zero-order valence-electron chi connectivity index (χ0n) is 31.0. The molecule has 3 aromatic heterocycles. The Morgan fingerprint density at radius 2 is 0.649 bits per heavy atom.